The van der Waals surface area contributed by atoms with Crippen molar-refractivity contribution in [2.75, 3.05) is 50.7 Å². The highest BCUT2D eigenvalue weighted by Crippen LogP contribution is 2.29. The van der Waals surface area contributed by atoms with Crippen LogP contribution in [0.3, 0.4) is 0 Å². The van der Waals surface area contributed by atoms with Crippen molar-refractivity contribution in [3.8, 4) is 0 Å². The molecular weight excluding hydrogens is 443 g/mol. The molecule has 0 aliphatic carbocycles. The number of carbonyl (C=O) groups excluding carboxylic acids is 2. The average molecular weight is 481 g/mol. The van der Waals surface area contributed by atoms with E-state index < -0.39 is 0 Å². The Morgan fingerprint density at radius 1 is 1.06 bits per heavy atom. The minimum absolute atomic E-state index is 0.0559. The number of nitrogens with zero attached hydrogens (tertiary/aromatic N) is 3. The van der Waals surface area contributed by atoms with Crippen molar-refractivity contribution in [2.24, 2.45) is 5.92 Å². The van der Waals surface area contributed by atoms with E-state index in [0.29, 0.717) is 19.5 Å². The molecule has 2 aliphatic rings. The third-order valence-electron chi connectivity index (χ3n) is 7.32. The van der Waals surface area contributed by atoms with Crippen molar-refractivity contribution in [1.29, 1.82) is 0 Å². The molecule has 2 aromatic rings. The Bertz CT molecular complexity index is 1010. The number of halogens is 1. The first-order valence-electron chi connectivity index (χ1n) is 12.8. The van der Waals surface area contributed by atoms with Gasteiger partial charge in [-0.05, 0) is 50.1 Å². The summed E-state index contributed by atoms with van der Waals surface area (Å²) in [5.74, 6) is -0.565. The number of nitrogens with one attached hydrogen (secondary N) is 1. The van der Waals surface area contributed by atoms with Gasteiger partial charge in [0, 0.05) is 50.5 Å². The zero-order valence-corrected chi connectivity index (χ0v) is 20.9. The van der Waals surface area contributed by atoms with Gasteiger partial charge in [-0.15, -0.1) is 0 Å². The maximum Gasteiger partial charge on any atom is 0.227 e. The van der Waals surface area contributed by atoms with Crippen molar-refractivity contribution >= 4 is 17.5 Å². The molecular formula is C28H37FN4O2. The van der Waals surface area contributed by atoms with Crippen molar-refractivity contribution in [1.82, 2.24) is 15.1 Å². The quantitative estimate of drug-likeness (QED) is 0.658. The monoisotopic (exact) mass is 480 g/mol. The Balaban J connectivity index is 1.39. The third kappa shape index (κ3) is 6.40. The van der Waals surface area contributed by atoms with Gasteiger partial charge < -0.3 is 20.0 Å². The fourth-order valence-corrected chi connectivity index (χ4v) is 5.17. The van der Waals surface area contributed by atoms with E-state index in [2.05, 4.69) is 22.0 Å². The lowest BCUT2D eigenvalue weighted by molar-refractivity contribution is -0.135. The molecule has 2 aliphatic heterocycles. The number of carbonyl (C=O) groups is 2. The Labute approximate surface area is 208 Å². The molecule has 35 heavy (non-hydrogen) atoms. The number of benzene rings is 2. The maximum absolute atomic E-state index is 14.2. The average Bonchev–Trinajstić information content (AvgIpc) is 2.89. The largest absolute Gasteiger partial charge is 0.369 e. The molecule has 6 nitrogen and oxygen atoms in total. The normalized spacial score (nSPS) is 19.9. The fourth-order valence-electron chi connectivity index (χ4n) is 5.17. The van der Waals surface area contributed by atoms with Gasteiger partial charge in [0.05, 0.1) is 18.4 Å². The molecule has 2 saturated heterocycles. The zero-order chi connectivity index (χ0) is 24.8. The van der Waals surface area contributed by atoms with E-state index in [4.69, 9.17) is 0 Å². The van der Waals surface area contributed by atoms with Crippen molar-refractivity contribution < 1.29 is 14.0 Å². The van der Waals surface area contributed by atoms with Crippen LogP contribution in [0.15, 0.2) is 48.5 Å². The summed E-state index contributed by atoms with van der Waals surface area (Å²) in [7, 11) is 0. The standard InChI is InChI=1S/C28H37FN4O2/c1-3-31-14-16-32(17-15-31)26-12-11-24(29)19-25(26)21(2)30-28(35)23-10-7-13-33(20-23)27(34)18-22-8-5-4-6-9-22/h4-6,8-9,11-12,19,21,23H,3,7,10,13-18,20H2,1-2H3,(H,30,35). The number of likely N-dealkylation sites (tertiary alicyclic amines) is 1. The van der Waals surface area contributed by atoms with E-state index in [1.807, 2.05) is 48.2 Å². The number of piperidine rings is 1. The predicted molar refractivity (Wildman–Crippen MR) is 137 cm³/mol. The predicted octanol–water partition coefficient (Wildman–Crippen LogP) is 3.63. The van der Waals surface area contributed by atoms with E-state index in [1.165, 1.54) is 6.07 Å². The van der Waals surface area contributed by atoms with Crippen LogP contribution < -0.4 is 10.2 Å². The molecule has 0 radical (unpaired) electrons. The molecule has 1 N–H and O–H groups in total. The van der Waals surface area contributed by atoms with Crippen LogP contribution in [0, 0.1) is 11.7 Å². The molecule has 7 heteroatoms. The van der Waals surface area contributed by atoms with Gasteiger partial charge in [0.25, 0.3) is 0 Å². The van der Waals surface area contributed by atoms with Crippen LogP contribution in [0.25, 0.3) is 0 Å². The molecule has 188 valence electrons. The molecule has 0 saturated carbocycles. The first kappa shape index (κ1) is 25.2. The number of likely N-dealkylation sites (N-methyl/N-ethyl adjacent to an activating group) is 1. The Kier molecular flexibility index (Phi) is 8.39. The first-order valence-corrected chi connectivity index (χ1v) is 12.8. The Morgan fingerprint density at radius 2 is 1.80 bits per heavy atom. The van der Waals surface area contributed by atoms with Crippen LogP contribution in [0.5, 0.6) is 0 Å². The van der Waals surface area contributed by atoms with Crippen LogP contribution in [-0.4, -0.2) is 67.4 Å². The number of anilines is 1. The van der Waals surface area contributed by atoms with Gasteiger partial charge in [-0.25, -0.2) is 4.39 Å². The van der Waals surface area contributed by atoms with Crippen molar-refractivity contribution in [2.45, 2.75) is 39.2 Å². The minimum Gasteiger partial charge on any atom is -0.369 e. The lowest BCUT2D eigenvalue weighted by Gasteiger charge is -2.37. The van der Waals surface area contributed by atoms with Crippen molar-refractivity contribution in [3.63, 3.8) is 0 Å². The van der Waals surface area contributed by atoms with Gasteiger partial charge in [0.1, 0.15) is 5.82 Å². The number of hydrogen-bond donors (Lipinski definition) is 1. The van der Waals surface area contributed by atoms with E-state index in [0.717, 1.165) is 62.4 Å². The van der Waals surface area contributed by atoms with Crippen molar-refractivity contribution in [3.05, 3.63) is 65.5 Å². The second kappa shape index (κ2) is 11.7. The first-order chi connectivity index (χ1) is 16.9. The molecule has 2 unspecified atom stereocenters. The zero-order valence-electron chi connectivity index (χ0n) is 20.9. The molecule has 4 rings (SSSR count). The number of amides is 2. The van der Waals surface area contributed by atoms with Crippen LogP contribution in [0.4, 0.5) is 10.1 Å². The number of hydrogen-bond acceptors (Lipinski definition) is 4. The molecule has 0 spiro atoms. The van der Waals surface area contributed by atoms with Crippen LogP contribution in [-0.2, 0) is 16.0 Å². The van der Waals surface area contributed by atoms with E-state index in [-0.39, 0.29) is 29.6 Å². The highest BCUT2D eigenvalue weighted by molar-refractivity contribution is 5.82. The third-order valence-corrected chi connectivity index (χ3v) is 7.32. The summed E-state index contributed by atoms with van der Waals surface area (Å²) >= 11 is 0. The summed E-state index contributed by atoms with van der Waals surface area (Å²) in [6.07, 6.45) is 1.91. The summed E-state index contributed by atoms with van der Waals surface area (Å²) in [5, 5.41) is 3.12. The summed E-state index contributed by atoms with van der Waals surface area (Å²) < 4.78 is 14.2. The highest BCUT2D eigenvalue weighted by atomic mass is 19.1. The van der Waals surface area contributed by atoms with Crippen LogP contribution in [0.1, 0.15) is 43.9 Å². The van der Waals surface area contributed by atoms with E-state index in [9.17, 15) is 14.0 Å². The van der Waals surface area contributed by atoms with E-state index >= 15 is 0 Å². The second-order valence-corrected chi connectivity index (χ2v) is 9.70. The molecule has 0 bridgehead atoms. The maximum atomic E-state index is 14.2. The second-order valence-electron chi connectivity index (χ2n) is 9.70. The van der Waals surface area contributed by atoms with E-state index in [1.54, 1.807) is 6.07 Å². The Hall–Kier alpha value is -2.93. The smallest absolute Gasteiger partial charge is 0.227 e. The molecule has 2 heterocycles. The van der Waals surface area contributed by atoms with Gasteiger partial charge in [0.2, 0.25) is 11.8 Å². The van der Waals surface area contributed by atoms with Gasteiger partial charge in [-0.1, -0.05) is 37.3 Å². The summed E-state index contributed by atoms with van der Waals surface area (Å²) in [4.78, 5) is 32.5. The lowest BCUT2D eigenvalue weighted by Crippen LogP contribution is -2.47. The lowest BCUT2D eigenvalue weighted by atomic mass is 9.95. The Morgan fingerprint density at radius 3 is 2.51 bits per heavy atom. The van der Waals surface area contributed by atoms with Gasteiger partial charge in [-0.3, -0.25) is 9.59 Å². The highest BCUT2D eigenvalue weighted by Gasteiger charge is 2.30. The molecule has 2 amide bonds. The molecule has 2 fully saturated rings. The number of rotatable bonds is 7. The van der Waals surface area contributed by atoms with Crippen LogP contribution >= 0.6 is 0 Å². The number of piperazine rings is 1. The topological polar surface area (TPSA) is 55.9 Å². The molecule has 0 aromatic heterocycles. The minimum atomic E-state index is -0.326. The summed E-state index contributed by atoms with van der Waals surface area (Å²) in [6.45, 7) is 9.94. The van der Waals surface area contributed by atoms with Crippen LogP contribution in [0.2, 0.25) is 0 Å². The molecule has 2 aromatic carbocycles. The SMILES string of the molecule is CCN1CCN(c2ccc(F)cc2C(C)NC(=O)C2CCCN(C(=O)Cc3ccccc3)C2)CC1. The fraction of sp³-hybridized carbons (Fsp3) is 0.500. The van der Waals surface area contributed by atoms with Gasteiger partial charge >= 0.3 is 0 Å². The molecule has 2 atom stereocenters. The van der Waals surface area contributed by atoms with Gasteiger partial charge in [0.15, 0.2) is 0 Å². The summed E-state index contributed by atoms with van der Waals surface area (Å²) in [5.41, 5.74) is 2.77. The summed E-state index contributed by atoms with van der Waals surface area (Å²) in [6, 6.07) is 14.2. The van der Waals surface area contributed by atoms with Gasteiger partial charge in [-0.2, -0.15) is 0 Å².